The van der Waals surface area contributed by atoms with E-state index < -0.39 is 0 Å². The fourth-order valence-electron chi connectivity index (χ4n) is 2.45. The summed E-state index contributed by atoms with van der Waals surface area (Å²) >= 11 is 0. The van der Waals surface area contributed by atoms with Crippen molar-refractivity contribution in [2.24, 2.45) is 0 Å². The number of hydrogen-bond acceptors (Lipinski definition) is 4. The van der Waals surface area contributed by atoms with Gasteiger partial charge in [0.25, 0.3) is 0 Å². The first kappa shape index (κ1) is 15.4. The van der Waals surface area contributed by atoms with E-state index >= 15 is 0 Å². The third-order valence-corrected chi connectivity index (χ3v) is 3.34. The Morgan fingerprint density at radius 2 is 1.81 bits per heavy atom. The van der Waals surface area contributed by atoms with E-state index in [1.54, 1.807) is 7.11 Å². The highest BCUT2D eigenvalue weighted by Crippen LogP contribution is 2.23. The van der Waals surface area contributed by atoms with Crippen molar-refractivity contribution >= 4 is 0 Å². The molecule has 0 spiro atoms. The van der Waals surface area contributed by atoms with E-state index in [0.29, 0.717) is 5.88 Å². The maximum absolute atomic E-state index is 5.08. The van der Waals surface area contributed by atoms with Crippen LogP contribution >= 0.6 is 0 Å². The molecule has 1 N–H and O–H groups in total. The molecule has 0 aliphatic rings. The summed E-state index contributed by atoms with van der Waals surface area (Å²) in [6.45, 7) is 7.33. The van der Waals surface area contributed by atoms with Gasteiger partial charge < -0.3 is 10.1 Å². The Hall–Kier alpha value is -1.94. The SMILES string of the molecule is CCCNC(c1cc(C)cc(C)c1)c1ccc(OC)nn1. The van der Waals surface area contributed by atoms with E-state index in [1.807, 2.05) is 12.1 Å². The summed E-state index contributed by atoms with van der Waals surface area (Å²) in [5.74, 6) is 0.536. The van der Waals surface area contributed by atoms with Crippen LogP contribution in [0.4, 0.5) is 0 Å². The van der Waals surface area contributed by atoms with Crippen LogP contribution < -0.4 is 10.1 Å². The number of methoxy groups -OCH3 is 1. The molecule has 2 rings (SSSR count). The van der Waals surface area contributed by atoms with E-state index in [9.17, 15) is 0 Å². The summed E-state index contributed by atoms with van der Waals surface area (Å²) in [6, 6.07) is 10.5. The normalized spacial score (nSPS) is 12.2. The average molecular weight is 285 g/mol. The standard InChI is InChI=1S/C17H23N3O/c1-5-8-18-17(14-10-12(2)9-13(3)11-14)15-6-7-16(21-4)20-19-15/h6-7,9-11,17-18H,5,8H2,1-4H3. The highest BCUT2D eigenvalue weighted by atomic mass is 16.5. The van der Waals surface area contributed by atoms with Gasteiger partial charge >= 0.3 is 0 Å². The summed E-state index contributed by atoms with van der Waals surface area (Å²) < 4.78 is 5.08. The maximum atomic E-state index is 5.08. The largest absolute Gasteiger partial charge is 0.480 e. The molecule has 112 valence electrons. The predicted octanol–water partition coefficient (Wildman–Crippen LogP) is 3.19. The molecule has 21 heavy (non-hydrogen) atoms. The number of aromatic nitrogens is 2. The van der Waals surface area contributed by atoms with Crippen LogP contribution in [0.15, 0.2) is 30.3 Å². The first-order valence-electron chi connectivity index (χ1n) is 7.33. The summed E-state index contributed by atoms with van der Waals surface area (Å²) in [7, 11) is 1.60. The minimum atomic E-state index is 0.0574. The van der Waals surface area contributed by atoms with E-state index in [-0.39, 0.29) is 6.04 Å². The minimum Gasteiger partial charge on any atom is -0.480 e. The molecule has 1 aromatic heterocycles. The summed E-state index contributed by atoms with van der Waals surface area (Å²) in [4.78, 5) is 0. The molecule has 1 unspecified atom stereocenters. The quantitative estimate of drug-likeness (QED) is 0.885. The van der Waals surface area contributed by atoms with Gasteiger partial charge in [0, 0.05) is 6.07 Å². The molecule has 0 bridgehead atoms. The third-order valence-electron chi connectivity index (χ3n) is 3.34. The molecule has 0 amide bonds. The van der Waals surface area contributed by atoms with Crippen molar-refractivity contribution in [1.29, 1.82) is 0 Å². The van der Waals surface area contributed by atoms with Gasteiger partial charge in [-0.2, -0.15) is 0 Å². The first-order valence-corrected chi connectivity index (χ1v) is 7.33. The first-order chi connectivity index (χ1) is 10.1. The molecule has 0 saturated carbocycles. The van der Waals surface area contributed by atoms with Crippen molar-refractivity contribution in [3.63, 3.8) is 0 Å². The number of rotatable bonds is 6. The Labute approximate surface area is 126 Å². The average Bonchev–Trinajstić information content (AvgIpc) is 2.47. The summed E-state index contributed by atoms with van der Waals surface area (Å²) in [6.07, 6.45) is 1.07. The lowest BCUT2D eigenvalue weighted by molar-refractivity contribution is 0.390. The van der Waals surface area contributed by atoms with Crippen LogP contribution in [0.25, 0.3) is 0 Å². The molecule has 1 heterocycles. The number of hydrogen-bond donors (Lipinski definition) is 1. The zero-order chi connectivity index (χ0) is 15.2. The maximum Gasteiger partial charge on any atom is 0.233 e. The van der Waals surface area contributed by atoms with Crippen LogP contribution in [-0.4, -0.2) is 23.9 Å². The molecule has 0 aliphatic heterocycles. The second-order valence-electron chi connectivity index (χ2n) is 5.31. The Morgan fingerprint density at radius 1 is 1.10 bits per heavy atom. The van der Waals surface area contributed by atoms with Gasteiger partial charge in [0.2, 0.25) is 5.88 Å². The van der Waals surface area contributed by atoms with Gasteiger partial charge in [0.15, 0.2) is 0 Å². The monoisotopic (exact) mass is 285 g/mol. The lowest BCUT2D eigenvalue weighted by Gasteiger charge is -2.19. The second kappa shape index (κ2) is 7.18. The number of benzene rings is 1. The molecule has 0 aliphatic carbocycles. The molecule has 2 aromatic rings. The van der Waals surface area contributed by atoms with Gasteiger partial charge in [-0.25, -0.2) is 0 Å². The van der Waals surface area contributed by atoms with E-state index in [2.05, 4.69) is 54.5 Å². The molecule has 1 aromatic carbocycles. The van der Waals surface area contributed by atoms with Crippen LogP contribution in [0.1, 0.15) is 41.8 Å². The zero-order valence-corrected chi connectivity index (χ0v) is 13.2. The highest BCUT2D eigenvalue weighted by Gasteiger charge is 2.16. The van der Waals surface area contributed by atoms with Crippen molar-refractivity contribution < 1.29 is 4.74 Å². The molecule has 0 saturated heterocycles. The fourth-order valence-corrected chi connectivity index (χ4v) is 2.45. The molecule has 0 fully saturated rings. The Balaban J connectivity index is 2.36. The smallest absolute Gasteiger partial charge is 0.233 e. The van der Waals surface area contributed by atoms with Gasteiger partial charge in [-0.05, 0) is 38.4 Å². The molecular formula is C17H23N3O. The Bertz CT molecular complexity index is 561. The van der Waals surface area contributed by atoms with E-state index in [1.165, 1.54) is 16.7 Å². The number of aryl methyl sites for hydroxylation is 2. The van der Waals surface area contributed by atoms with Crippen molar-refractivity contribution in [3.05, 3.63) is 52.7 Å². The number of ether oxygens (including phenoxy) is 1. The van der Waals surface area contributed by atoms with Crippen LogP contribution in [0.2, 0.25) is 0 Å². The fraction of sp³-hybridized carbons (Fsp3) is 0.412. The lowest BCUT2D eigenvalue weighted by atomic mass is 9.99. The highest BCUT2D eigenvalue weighted by molar-refractivity contribution is 5.35. The van der Waals surface area contributed by atoms with Crippen molar-refractivity contribution in [2.45, 2.75) is 33.2 Å². The number of nitrogens with zero attached hydrogens (tertiary/aromatic N) is 2. The zero-order valence-electron chi connectivity index (χ0n) is 13.2. The summed E-state index contributed by atoms with van der Waals surface area (Å²) in [5.41, 5.74) is 4.65. The van der Waals surface area contributed by atoms with E-state index in [4.69, 9.17) is 4.74 Å². The summed E-state index contributed by atoms with van der Waals surface area (Å²) in [5, 5.41) is 11.9. The van der Waals surface area contributed by atoms with Crippen molar-refractivity contribution in [3.8, 4) is 5.88 Å². The predicted molar refractivity (Wildman–Crippen MR) is 84.6 cm³/mol. The molecule has 4 heteroatoms. The Morgan fingerprint density at radius 3 is 2.33 bits per heavy atom. The third kappa shape index (κ3) is 4.02. The van der Waals surface area contributed by atoms with Gasteiger partial charge in [-0.3, -0.25) is 0 Å². The van der Waals surface area contributed by atoms with Crippen molar-refractivity contribution in [1.82, 2.24) is 15.5 Å². The topological polar surface area (TPSA) is 47.0 Å². The Kier molecular flexibility index (Phi) is 5.28. The van der Waals surface area contributed by atoms with Gasteiger partial charge in [0.05, 0.1) is 18.8 Å². The van der Waals surface area contributed by atoms with Gasteiger partial charge in [-0.1, -0.05) is 36.2 Å². The number of nitrogens with one attached hydrogen (secondary N) is 1. The van der Waals surface area contributed by atoms with Crippen molar-refractivity contribution in [2.75, 3.05) is 13.7 Å². The molecule has 0 radical (unpaired) electrons. The van der Waals surface area contributed by atoms with E-state index in [0.717, 1.165) is 18.7 Å². The van der Waals surface area contributed by atoms with Crippen LogP contribution in [0, 0.1) is 13.8 Å². The van der Waals surface area contributed by atoms with Gasteiger partial charge in [0.1, 0.15) is 0 Å². The second-order valence-corrected chi connectivity index (χ2v) is 5.31. The van der Waals surface area contributed by atoms with Crippen LogP contribution in [-0.2, 0) is 0 Å². The van der Waals surface area contributed by atoms with Crippen LogP contribution in [0.3, 0.4) is 0 Å². The van der Waals surface area contributed by atoms with Crippen LogP contribution in [0.5, 0.6) is 5.88 Å². The molecule has 4 nitrogen and oxygen atoms in total. The lowest BCUT2D eigenvalue weighted by Crippen LogP contribution is -2.24. The minimum absolute atomic E-state index is 0.0574. The molecule has 1 atom stereocenters. The van der Waals surface area contributed by atoms with Gasteiger partial charge in [-0.15, -0.1) is 10.2 Å². The molecular weight excluding hydrogens is 262 g/mol.